The highest BCUT2D eigenvalue weighted by Crippen LogP contribution is 2.21. The first-order valence-corrected chi connectivity index (χ1v) is 8.29. The Kier molecular flexibility index (Phi) is 6.10. The van der Waals surface area contributed by atoms with Gasteiger partial charge in [-0.3, -0.25) is 19.8 Å². The highest BCUT2D eigenvalue weighted by molar-refractivity contribution is 5.79. The van der Waals surface area contributed by atoms with E-state index >= 15 is 0 Å². The van der Waals surface area contributed by atoms with Crippen LogP contribution < -0.4 is 0 Å². The first kappa shape index (κ1) is 17.4. The molecule has 6 nitrogen and oxygen atoms in total. The summed E-state index contributed by atoms with van der Waals surface area (Å²) in [7, 11) is 0. The van der Waals surface area contributed by atoms with Gasteiger partial charge in [0.15, 0.2) is 0 Å². The summed E-state index contributed by atoms with van der Waals surface area (Å²) in [6, 6.07) is 6.68. The van der Waals surface area contributed by atoms with Crippen molar-refractivity contribution in [2.24, 2.45) is 5.92 Å². The van der Waals surface area contributed by atoms with Gasteiger partial charge in [-0.1, -0.05) is 12.1 Å². The van der Waals surface area contributed by atoms with E-state index in [1.54, 1.807) is 12.1 Å². The van der Waals surface area contributed by atoms with Crippen LogP contribution in [0.15, 0.2) is 24.3 Å². The first-order valence-electron chi connectivity index (χ1n) is 8.29. The Balaban J connectivity index is 1.95. The average molecular weight is 319 g/mol. The van der Waals surface area contributed by atoms with Crippen LogP contribution >= 0.6 is 0 Å². The number of nitro groups is 1. The van der Waals surface area contributed by atoms with Crippen molar-refractivity contribution < 1.29 is 9.72 Å². The molecule has 0 unspecified atom stereocenters. The highest BCUT2D eigenvalue weighted by atomic mass is 16.6. The number of hydrogen-bond donors (Lipinski definition) is 0. The van der Waals surface area contributed by atoms with Gasteiger partial charge in [0.1, 0.15) is 0 Å². The molecule has 23 heavy (non-hydrogen) atoms. The number of nitro benzene ring substituents is 1. The fourth-order valence-corrected chi connectivity index (χ4v) is 3.18. The van der Waals surface area contributed by atoms with Crippen molar-refractivity contribution in [2.75, 3.05) is 26.2 Å². The molecule has 1 fully saturated rings. The van der Waals surface area contributed by atoms with Gasteiger partial charge in [0.2, 0.25) is 5.91 Å². The van der Waals surface area contributed by atoms with E-state index in [1.165, 1.54) is 12.1 Å². The van der Waals surface area contributed by atoms with Crippen molar-refractivity contribution in [3.63, 3.8) is 0 Å². The zero-order valence-corrected chi connectivity index (χ0v) is 13.9. The molecule has 126 valence electrons. The maximum Gasteiger partial charge on any atom is 0.269 e. The third-order valence-corrected chi connectivity index (χ3v) is 4.48. The fourth-order valence-electron chi connectivity index (χ4n) is 3.18. The summed E-state index contributed by atoms with van der Waals surface area (Å²) in [5.41, 5.74) is 1.16. The quantitative estimate of drug-likeness (QED) is 0.597. The van der Waals surface area contributed by atoms with E-state index in [0.717, 1.165) is 51.1 Å². The van der Waals surface area contributed by atoms with E-state index in [4.69, 9.17) is 0 Å². The number of rotatable bonds is 6. The number of benzene rings is 1. The molecule has 1 atom stereocenters. The van der Waals surface area contributed by atoms with Gasteiger partial charge in [-0.25, -0.2) is 0 Å². The molecule has 0 spiro atoms. The molecule has 0 aromatic heterocycles. The van der Waals surface area contributed by atoms with Gasteiger partial charge in [0.25, 0.3) is 5.69 Å². The minimum Gasteiger partial charge on any atom is -0.343 e. The molecule has 0 N–H and O–H groups in total. The van der Waals surface area contributed by atoms with E-state index < -0.39 is 0 Å². The number of non-ortho nitro benzene ring substituents is 1. The van der Waals surface area contributed by atoms with Crippen LogP contribution in [-0.4, -0.2) is 46.8 Å². The molecule has 0 saturated carbocycles. The molecule has 1 aliphatic heterocycles. The van der Waals surface area contributed by atoms with E-state index in [9.17, 15) is 14.9 Å². The molecule has 1 aromatic carbocycles. The van der Waals surface area contributed by atoms with Crippen LogP contribution in [-0.2, 0) is 11.3 Å². The highest BCUT2D eigenvalue weighted by Gasteiger charge is 2.28. The van der Waals surface area contributed by atoms with Crippen molar-refractivity contribution in [3.05, 3.63) is 39.9 Å². The number of likely N-dealkylation sites (tertiary alicyclic amines) is 1. The largest absolute Gasteiger partial charge is 0.343 e. The lowest BCUT2D eigenvalue weighted by Crippen LogP contribution is -2.44. The number of carbonyl (C=O) groups is 1. The summed E-state index contributed by atoms with van der Waals surface area (Å²) < 4.78 is 0. The number of carbonyl (C=O) groups excluding carboxylic acids is 1. The molecule has 1 heterocycles. The topological polar surface area (TPSA) is 66.7 Å². The van der Waals surface area contributed by atoms with Gasteiger partial charge in [0, 0.05) is 38.3 Å². The third-order valence-electron chi connectivity index (χ3n) is 4.48. The van der Waals surface area contributed by atoms with Crippen molar-refractivity contribution in [1.82, 2.24) is 9.80 Å². The second-order valence-electron chi connectivity index (χ2n) is 6.01. The summed E-state index contributed by atoms with van der Waals surface area (Å²) in [6.07, 6.45) is 1.97. The Hall–Kier alpha value is -1.95. The van der Waals surface area contributed by atoms with E-state index in [0.29, 0.717) is 0 Å². The van der Waals surface area contributed by atoms with Crippen LogP contribution in [0, 0.1) is 16.0 Å². The van der Waals surface area contributed by atoms with Crippen molar-refractivity contribution in [1.29, 1.82) is 0 Å². The summed E-state index contributed by atoms with van der Waals surface area (Å²) in [4.78, 5) is 27.0. The normalized spacial score (nSPS) is 18.6. The monoisotopic (exact) mass is 319 g/mol. The molecule has 1 amide bonds. The number of amides is 1. The minimum absolute atomic E-state index is 0.0710. The van der Waals surface area contributed by atoms with E-state index in [-0.39, 0.29) is 22.4 Å². The molecular weight excluding hydrogens is 294 g/mol. The van der Waals surface area contributed by atoms with E-state index in [2.05, 4.69) is 4.90 Å². The molecule has 6 heteroatoms. The SMILES string of the molecule is CCN(CC)C(=O)[C@@H]1CCCN(Cc2ccc([N+](=O)[O-])cc2)C1. The van der Waals surface area contributed by atoms with Gasteiger partial charge in [-0.15, -0.1) is 0 Å². The molecular formula is C17H25N3O3. The third kappa shape index (κ3) is 4.51. The molecule has 1 saturated heterocycles. The minimum atomic E-state index is -0.385. The summed E-state index contributed by atoms with van der Waals surface area (Å²) in [6.45, 7) is 8.02. The lowest BCUT2D eigenvalue weighted by Gasteiger charge is -2.34. The van der Waals surface area contributed by atoms with Crippen molar-refractivity contribution in [2.45, 2.75) is 33.2 Å². The first-order chi connectivity index (χ1) is 11.0. The predicted molar refractivity (Wildman–Crippen MR) is 89.0 cm³/mol. The molecule has 0 radical (unpaired) electrons. The lowest BCUT2D eigenvalue weighted by molar-refractivity contribution is -0.384. The van der Waals surface area contributed by atoms with Gasteiger partial charge in [-0.2, -0.15) is 0 Å². The number of nitrogens with zero attached hydrogens (tertiary/aromatic N) is 3. The summed E-state index contributed by atoms with van der Waals surface area (Å²) >= 11 is 0. The van der Waals surface area contributed by atoms with Crippen LogP contribution in [0.25, 0.3) is 0 Å². The number of piperidine rings is 1. The Morgan fingerprint density at radius 2 is 1.96 bits per heavy atom. The zero-order valence-electron chi connectivity index (χ0n) is 13.9. The van der Waals surface area contributed by atoms with Gasteiger partial charge >= 0.3 is 0 Å². The van der Waals surface area contributed by atoms with Crippen LogP contribution in [0.1, 0.15) is 32.3 Å². The zero-order chi connectivity index (χ0) is 16.8. The fraction of sp³-hybridized carbons (Fsp3) is 0.588. The number of hydrogen-bond acceptors (Lipinski definition) is 4. The maximum atomic E-state index is 12.5. The average Bonchev–Trinajstić information content (AvgIpc) is 2.56. The maximum absolute atomic E-state index is 12.5. The van der Waals surface area contributed by atoms with Gasteiger partial charge in [-0.05, 0) is 38.8 Å². The summed E-state index contributed by atoms with van der Waals surface area (Å²) in [5.74, 6) is 0.324. The standard InChI is InChI=1S/C17H25N3O3/c1-3-19(4-2)17(21)15-6-5-11-18(13-15)12-14-7-9-16(10-8-14)20(22)23/h7-10,15H,3-6,11-13H2,1-2H3/t15-/m1/s1. The lowest BCUT2D eigenvalue weighted by atomic mass is 9.96. The second kappa shape index (κ2) is 8.06. The predicted octanol–water partition coefficient (Wildman–Crippen LogP) is 2.68. The van der Waals surface area contributed by atoms with E-state index in [1.807, 2.05) is 18.7 Å². The van der Waals surface area contributed by atoms with Gasteiger partial charge in [0.05, 0.1) is 10.8 Å². The molecule has 0 bridgehead atoms. The summed E-state index contributed by atoms with van der Waals surface area (Å²) in [5, 5.41) is 10.7. The Labute approximate surface area is 137 Å². The van der Waals surface area contributed by atoms with Crippen molar-refractivity contribution >= 4 is 11.6 Å². The van der Waals surface area contributed by atoms with Crippen LogP contribution in [0.2, 0.25) is 0 Å². The molecule has 0 aliphatic carbocycles. The molecule has 2 rings (SSSR count). The van der Waals surface area contributed by atoms with Gasteiger partial charge < -0.3 is 4.90 Å². The van der Waals surface area contributed by atoms with Crippen LogP contribution in [0.3, 0.4) is 0 Å². The van der Waals surface area contributed by atoms with Crippen molar-refractivity contribution in [3.8, 4) is 0 Å². The van der Waals surface area contributed by atoms with Crippen LogP contribution in [0.5, 0.6) is 0 Å². The smallest absolute Gasteiger partial charge is 0.269 e. The van der Waals surface area contributed by atoms with Crippen LogP contribution in [0.4, 0.5) is 5.69 Å². The Bertz CT molecular complexity index is 541. The molecule has 1 aromatic rings. The second-order valence-corrected chi connectivity index (χ2v) is 6.01. The Morgan fingerprint density at radius 1 is 1.30 bits per heavy atom. The molecule has 1 aliphatic rings. The Morgan fingerprint density at radius 3 is 2.52 bits per heavy atom.